The van der Waals surface area contributed by atoms with Crippen LogP contribution in [0.5, 0.6) is 0 Å². The molecule has 1 aliphatic heterocycles. The zero-order chi connectivity index (χ0) is 21.8. The number of hydrogen-bond donors (Lipinski definition) is 2. The quantitative estimate of drug-likeness (QED) is 0.431. The maximum Gasteiger partial charge on any atom is 0.229 e. The van der Waals surface area contributed by atoms with E-state index in [1.165, 1.54) is 17.0 Å². The van der Waals surface area contributed by atoms with Crippen molar-refractivity contribution in [3.63, 3.8) is 0 Å². The first-order valence-corrected chi connectivity index (χ1v) is 10.5. The highest BCUT2D eigenvalue weighted by Gasteiger charge is 2.27. The summed E-state index contributed by atoms with van der Waals surface area (Å²) in [5, 5.41) is 3.91. The average molecular weight is 421 g/mol. The fourth-order valence-corrected chi connectivity index (χ4v) is 3.99. The number of likely N-dealkylation sites (tertiary alicyclic amines) is 1. The first kappa shape index (κ1) is 20.8. The molecule has 160 valence electrons. The lowest BCUT2D eigenvalue weighted by atomic mass is 10.0. The first-order valence-electron chi connectivity index (χ1n) is 10.5. The minimum atomic E-state index is -0.293. The van der Waals surface area contributed by atoms with Crippen molar-refractivity contribution in [1.29, 1.82) is 0 Å². The highest BCUT2D eigenvalue weighted by Crippen LogP contribution is 2.31. The monoisotopic (exact) mass is 421 g/mol. The minimum absolute atomic E-state index is 0.0885. The van der Waals surface area contributed by atoms with E-state index in [0.717, 1.165) is 27.7 Å². The largest absolute Gasteiger partial charge is 0.356 e. The van der Waals surface area contributed by atoms with Gasteiger partial charge in [-0.15, -0.1) is 0 Å². The Hall–Kier alpha value is -3.48. The summed E-state index contributed by atoms with van der Waals surface area (Å²) < 4.78 is 13.3. The molecule has 3 amide bonds. The van der Waals surface area contributed by atoms with Crippen molar-refractivity contribution in [3.05, 3.63) is 59.9 Å². The molecule has 0 saturated carbocycles. The lowest BCUT2D eigenvalue weighted by molar-refractivity contribution is -0.138. The third-order valence-electron chi connectivity index (χ3n) is 5.58. The Kier molecular flexibility index (Phi) is 6.11. The van der Waals surface area contributed by atoms with Crippen molar-refractivity contribution < 1.29 is 18.8 Å². The second kappa shape index (κ2) is 9.12. The summed E-state index contributed by atoms with van der Waals surface area (Å²) >= 11 is 0. The van der Waals surface area contributed by atoms with E-state index in [1.807, 2.05) is 24.3 Å². The molecule has 0 bridgehead atoms. The van der Waals surface area contributed by atoms with Crippen LogP contribution in [0.15, 0.2) is 48.5 Å². The molecular weight excluding hydrogens is 397 g/mol. The van der Waals surface area contributed by atoms with Crippen LogP contribution >= 0.6 is 0 Å². The van der Waals surface area contributed by atoms with Crippen molar-refractivity contribution >= 4 is 28.6 Å². The van der Waals surface area contributed by atoms with Crippen LogP contribution in [0.3, 0.4) is 0 Å². The summed E-state index contributed by atoms with van der Waals surface area (Å²) in [6, 6.07) is 14.2. The van der Waals surface area contributed by atoms with E-state index in [4.69, 9.17) is 0 Å². The number of aromatic nitrogens is 1. The van der Waals surface area contributed by atoms with Crippen LogP contribution in [-0.4, -0.2) is 40.7 Å². The van der Waals surface area contributed by atoms with Crippen LogP contribution in [0, 0.1) is 5.82 Å². The van der Waals surface area contributed by atoms with Gasteiger partial charge in [0.1, 0.15) is 5.82 Å². The topological polar surface area (TPSA) is 82.3 Å². The van der Waals surface area contributed by atoms with Gasteiger partial charge in [-0.05, 0) is 54.3 Å². The Morgan fingerprint density at radius 3 is 2.48 bits per heavy atom. The standard InChI is InChI=1S/C24H24FN3O3/c25-17-8-6-16(7-9-17)24-19(18-4-1-2-5-20(18)27-24)10-11-21(29)26-14-3-15-28-22(30)12-13-23(28)31/h1-2,4-9,27H,3,10-15H2,(H,26,29). The average Bonchev–Trinajstić information content (AvgIpc) is 3.30. The van der Waals surface area contributed by atoms with Crippen molar-refractivity contribution in [1.82, 2.24) is 15.2 Å². The molecule has 1 fully saturated rings. The second-order valence-corrected chi connectivity index (χ2v) is 7.67. The van der Waals surface area contributed by atoms with E-state index in [1.54, 1.807) is 12.1 Å². The molecule has 2 heterocycles. The molecular formula is C24H24FN3O3. The lowest BCUT2D eigenvalue weighted by Crippen LogP contribution is -2.33. The van der Waals surface area contributed by atoms with Crippen LogP contribution < -0.4 is 5.32 Å². The number of para-hydroxylation sites is 1. The Bertz CT molecular complexity index is 1100. The smallest absolute Gasteiger partial charge is 0.229 e. The van der Waals surface area contributed by atoms with Crippen molar-refractivity contribution in [2.24, 2.45) is 0 Å². The first-order chi connectivity index (χ1) is 15.0. The molecule has 0 aliphatic carbocycles. The maximum absolute atomic E-state index is 13.3. The number of nitrogens with zero attached hydrogens (tertiary/aromatic N) is 1. The molecule has 0 spiro atoms. The van der Waals surface area contributed by atoms with E-state index in [0.29, 0.717) is 32.4 Å². The number of rotatable bonds is 8. The molecule has 1 aliphatic rings. The van der Waals surface area contributed by atoms with Gasteiger partial charge in [0.25, 0.3) is 0 Å². The fourth-order valence-electron chi connectivity index (χ4n) is 3.99. The fraction of sp³-hybridized carbons (Fsp3) is 0.292. The molecule has 6 nitrogen and oxygen atoms in total. The van der Waals surface area contributed by atoms with Crippen LogP contribution in [0.25, 0.3) is 22.2 Å². The summed E-state index contributed by atoms with van der Waals surface area (Å²) in [5.74, 6) is -0.652. The van der Waals surface area contributed by atoms with Crippen LogP contribution in [0.1, 0.15) is 31.2 Å². The number of carbonyl (C=O) groups excluding carboxylic acids is 3. The number of aryl methyl sites for hydroxylation is 1. The highest BCUT2D eigenvalue weighted by atomic mass is 19.1. The summed E-state index contributed by atoms with van der Waals surface area (Å²) in [5.41, 5.74) is 3.75. The Balaban J connectivity index is 1.37. The molecule has 7 heteroatoms. The van der Waals surface area contributed by atoms with Gasteiger partial charge in [0, 0.05) is 48.9 Å². The van der Waals surface area contributed by atoms with Gasteiger partial charge in [-0.3, -0.25) is 19.3 Å². The summed E-state index contributed by atoms with van der Waals surface area (Å²) in [7, 11) is 0. The molecule has 0 radical (unpaired) electrons. The van der Waals surface area contributed by atoms with Gasteiger partial charge in [-0.2, -0.15) is 0 Å². The van der Waals surface area contributed by atoms with Gasteiger partial charge >= 0.3 is 0 Å². The van der Waals surface area contributed by atoms with Gasteiger partial charge in [-0.1, -0.05) is 18.2 Å². The van der Waals surface area contributed by atoms with Gasteiger partial charge in [0.2, 0.25) is 17.7 Å². The third kappa shape index (κ3) is 4.66. The van der Waals surface area contributed by atoms with Gasteiger partial charge in [0.05, 0.1) is 0 Å². The van der Waals surface area contributed by atoms with Crippen LogP contribution in [0.4, 0.5) is 4.39 Å². The number of aromatic amines is 1. The molecule has 2 aromatic carbocycles. The van der Waals surface area contributed by atoms with Gasteiger partial charge in [-0.25, -0.2) is 4.39 Å². The number of carbonyl (C=O) groups is 3. The van der Waals surface area contributed by atoms with E-state index in [-0.39, 0.29) is 36.4 Å². The Morgan fingerprint density at radius 2 is 1.74 bits per heavy atom. The Labute approximate surface area is 179 Å². The van der Waals surface area contributed by atoms with E-state index >= 15 is 0 Å². The molecule has 1 saturated heterocycles. The molecule has 1 aromatic heterocycles. The molecule has 3 aromatic rings. The van der Waals surface area contributed by atoms with Crippen molar-refractivity contribution in [3.8, 4) is 11.3 Å². The van der Waals surface area contributed by atoms with Crippen molar-refractivity contribution in [2.75, 3.05) is 13.1 Å². The minimum Gasteiger partial charge on any atom is -0.356 e. The van der Waals surface area contributed by atoms with E-state index in [9.17, 15) is 18.8 Å². The van der Waals surface area contributed by atoms with E-state index in [2.05, 4.69) is 10.3 Å². The van der Waals surface area contributed by atoms with Gasteiger partial charge < -0.3 is 10.3 Å². The summed E-state index contributed by atoms with van der Waals surface area (Å²) in [6.07, 6.45) is 1.94. The summed E-state index contributed by atoms with van der Waals surface area (Å²) in [4.78, 5) is 40.3. The van der Waals surface area contributed by atoms with Crippen LogP contribution in [-0.2, 0) is 20.8 Å². The van der Waals surface area contributed by atoms with Crippen molar-refractivity contribution in [2.45, 2.75) is 32.1 Å². The zero-order valence-electron chi connectivity index (χ0n) is 17.1. The number of hydrogen-bond acceptors (Lipinski definition) is 3. The third-order valence-corrected chi connectivity index (χ3v) is 5.58. The predicted molar refractivity (Wildman–Crippen MR) is 116 cm³/mol. The Morgan fingerprint density at radius 1 is 1.03 bits per heavy atom. The maximum atomic E-state index is 13.3. The SMILES string of the molecule is O=C(CCc1c(-c2ccc(F)cc2)[nH]c2ccccc12)NCCCN1C(=O)CCC1=O. The number of halogens is 1. The number of imide groups is 1. The number of amides is 3. The molecule has 4 rings (SSSR count). The number of nitrogens with one attached hydrogen (secondary N) is 2. The second-order valence-electron chi connectivity index (χ2n) is 7.67. The molecule has 31 heavy (non-hydrogen) atoms. The van der Waals surface area contributed by atoms with Crippen LogP contribution in [0.2, 0.25) is 0 Å². The lowest BCUT2D eigenvalue weighted by Gasteiger charge is -2.13. The highest BCUT2D eigenvalue weighted by molar-refractivity contribution is 6.01. The molecule has 0 unspecified atom stereocenters. The number of benzene rings is 2. The number of fused-ring (bicyclic) bond motifs is 1. The van der Waals surface area contributed by atoms with Gasteiger partial charge in [0.15, 0.2) is 0 Å². The summed E-state index contributed by atoms with van der Waals surface area (Å²) in [6.45, 7) is 0.754. The molecule has 2 N–H and O–H groups in total. The normalized spacial score (nSPS) is 13.9. The number of H-pyrrole nitrogens is 1. The molecule has 0 atom stereocenters. The van der Waals surface area contributed by atoms with E-state index < -0.39 is 0 Å². The predicted octanol–water partition coefficient (Wildman–Crippen LogP) is 3.56. The zero-order valence-corrected chi connectivity index (χ0v) is 17.1.